The van der Waals surface area contributed by atoms with Gasteiger partial charge in [-0.2, -0.15) is 0 Å². The highest BCUT2D eigenvalue weighted by Gasteiger charge is 2.13. The maximum absolute atomic E-state index is 12.4. The molecule has 7 nitrogen and oxygen atoms in total. The Labute approximate surface area is 156 Å². The zero-order valence-electron chi connectivity index (χ0n) is 14.0. The molecule has 0 spiro atoms. The lowest BCUT2D eigenvalue weighted by atomic mass is 10.1. The smallest absolute Gasteiger partial charge is 0.335 e. The summed E-state index contributed by atoms with van der Waals surface area (Å²) in [7, 11) is -3.71. The number of aromatic carboxylic acids is 1. The first-order valence-corrected chi connectivity index (χ1v) is 9.33. The molecule has 0 amide bonds. The van der Waals surface area contributed by atoms with Crippen LogP contribution in [-0.2, 0) is 10.0 Å². The maximum Gasteiger partial charge on any atom is 0.335 e. The first-order valence-electron chi connectivity index (χ1n) is 7.84. The molecule has 27 heavy (non-hydrogen) atoms. The van der Waals surface area contributed by atoms with E-state index in [-0.39, 0.29) is 10.5 Å². The van der Waals surface area contributed by atoms with Gasteiger partial charge in [-0.05, 0) is 54.1 Å². The number of hydrogen-bond acceptors (Lipinski definition) is 5. The molecule has 2 aromatic carbocycles. The summed E-state index contributed by atoms with van der Waals surface area (Å²) in [4.78, 5) is 19.1. The van der Waals surface area contributed by atoms with Crippen LogP contribution in [0.25, 0.3) is 0 Å². The Morgan fingerprint density at radius 1 is 1.04 bits per heavy atom. The van der Waals surface area contributed by atoms with Crippen LogP contribution in [0.2, 0.25) is 0 Å². The molecule has 0 radical (unpaired) electrons. The highest BCUT2D eigenvalue weighted by Crippen LogP contribution is 2.19. The molecule has 2 N–H and O–H groups in total. The van der Waals surface area contributed by atoms with Gasteiger partial charge in [-0.15, -0.1) is 0 Å². The second-order valence-corrected chi connectivity index (χ2v) is 7.21. The topological polar surface area (TPSA) is 109 Å². The molecule has 0 aliphatic rings. The van der Waals surface area contributed by atoms with Gasteiger partial charge in [0.25, 0.3) is 10.0 Å². The Morgan fingerprint density at radius 3 is 2.33 bits per heavy atom. The van der Waals surface area contributed by atoms with Gasteiger partial charge in [-0.25, -0.2) is 13.2 Å². The number of carbonyl (C=O) groups is 1. The number of aliphatic imine (C=N–C) groups is 1. The Morgan fingerprint density at radius 2 is 1.74 bits per heavy atom. The molecule has 0 saturated heterocycles. The van der Waals surface area contributed by atoms with E-state index in [0.29, 0.717) is 11.4 Å². The van der Waals surface area contributed by atoms with E-state index in [2.05, 4.69) is 14.7 Å². The number of sulfonamides is 1. The van der Waals surface area contributed by atoms with E-state index in [4.69, 9.17) is 5.11 Å². The van der Waals surface area contributed by atoms with E-state index in [1.165, 1.54) is 30.5 Å². The molecular weight excluding hydrogens is 366 g/mol. The van der Waals surface area contributed by atoms with E-state index in [1.807, 2.05) is 0 Å². The lowest BCUT2D eigenvalue weighted by molar-refractivity contribution is 0.0697. The minimum absolute atomic E-state index is 0.108. The standard InChI is InChI=1S/C19H15N3O4S/c23-19(24)15-5-3-14(4-6-15)12-21-16-7-9-18(10-8-16)27(25,26)22-17-2-1-11-20-13-17/h1-13,22H,(H,23,24). The van der Waals surface area contributed by atoms with Crippen LogP contribution >= 0.6 is 0 Å². The van der Waals surface area contributed by atoms with E-state index in [0.717, 1.165) is 5.56 Å². The van der Waals surface area contributed by atoms with Crippen molar-refractivity contribution in [2.45, 2.75) is 4.90 Å². The third-order valence-corrected chi connectivity index (χ3v) is 4.98. The van der Waals surface area contributed by atoms with E-state index in [9.17, 15) is 13.2 Å². The zero-order chi connectivity index (χ0) is 19.3. The predicted molar refractivity (Wildman–Crippen MR) is 102 cm³/mol. The normalized spacial score (nSPS) is 11.4. The van der Waals surface area contributed by atoms with Crippen LogP contribution in [0.4, 0.5) is 11.4 Å². The fourth-order valence-electron chi connectivity index (χ4n) is 2.21. The van der Waals surface area contributed by atoms with Crippen molar-refractivity contribution in [3.05, 3.63) is 84.2 Å². The number of anilines is 1. The number of nitrogens with zero attached hydrogens (tertiary/aromatic N) is 2. The van der Waals surface area contributed by atoms with Crippen molar-refractivity contribution >= 4 is 33.6 Å². The minimum Gasteiger partial charge on any atom is -0.478 e. The Balaban J connectivity index is 1.72. The van der Waals surface area contributed by atoms with E-state index < -0.39 is 16.0 Å². The highest BCUT2D eigenvalue weighted by molar-refractivity contribution is 7.92. The summed E-state index contributed by atoms with van der Waals surface area (Å²) < 4.78 is 27.2. The summed E-state index contributed by atoms with van der Waals surface area (Å²) >= 11 is 0. The van der Waals surface area contributed by atoms with Crippen molar-refractivity contribution in [2.24, 2.45) is 4.99 Å². The first-order chi connectivity index (χ1) is 12.9. The third-order valence-electron chi connectivity index (χ3n) is 3.58. The highest BCUT2D eigenvalue weighted by atomic mass is 32.2. The molecule has 1 aromatic heterocycles. The SMILES string of the molecule is O=C(O)c1ccc(C=Nc2ccc(S(=O)(=O)Nc3cccnc3)cc2)cc1. The summed E-state index contributed by atoms with van der Waals surface area (Å²) in [5, 5.41) is 8.88. The van der Waals surface area contributed by atoms with Crippen LogP contribution in [0.15, 0.2) is 82.9 Å². The number of carboxylic acid groups (broad SMARTS) is 1. The first kappa shape index (κ1) is 18.3. The molecule has 0 unspecified atom stereocenters. The molecule has 0 aliphatic carbocycles. The average Bonchev–Trinajstić information content (AvgIpc) is 2.67. The van der Waals surface area contributed by atoms with Crippen molar-refractivity contribution in [3.63, 3.8) is 0 Å². The van der Waals surface area contributed by atoms with Crippen molar-refractivity contribution in [1.29, 1.82) is 0 Å². The number of aromatic nitrogens is 1. The summed E-state index contributed by atoms with van der Waals surface area (Å²) in [6.45, 7) is 0. The van der Waals surface area contributed by atoms with Gasteiger partial charge < -0.3 is 5.11 Å². The number of benzene rings is 2. The Hall–Kier alpha value is -3.52. The number of rotatable bonds is 6. The van der Waals surface area contributed by atoms with Crippen LogP contribution in [0.5, 0.6) is 0 Å². The molecular formula is C19H15N3O4S. The van der Waals surface area contributed by atoms with Crippen molar-refractivity contribution in [1.82, 2.24) is 4.98 Å². The molecule has 3 aromatic rings. The van der Waals surface area contributed by atoms with Gasteiger partial charge >= 0.3 is 5.97 Å². The summed E-state index contributed by atoms with van der Waals surface area (Å²) in [5.74, 6) is -0.991. The molecule has 0 aliphatic heterocycles. The van der Waals surface area contributed by atoms with Crippen LogP contribution in [0.1, 0.15) is 15.9 Å². The summed E-state index contributed by atoms with van der Waals surface area (Å²) in [6, 6.07) is 15.6. The quantitative estimate of drug-likeness (QED) is 0.637. The second-order valence-electron chi connectivity index (χ2n) is 5.53. The lowest BCUT2D eigenvalue weighted by Gasteiger charge is -2.07. The van der Waals surface area contributed by atoms with Gasteiger partial charge in [0, 0.05) is 12.4 Å². The number of carboxylic acids is 1. The van der Waals surface area contributed by atoms with Crippen molar-refractivity contribution < 1.29 is 18.3 Å². The third kappa shape index (κ3) is 4.77. The molecule has 8 heteroatoms. The van der Waals surface area contributed by atoms with Gasteiger partial charge in [0.15, 0.2) is 0 Å². The lowest BCUT2D eigenvalue weighted by Crippen LogP contribution is -2.12. The largest absolute Gasteiger partial charge is 0.478 e. The van der Waals surface area contributed by atoms with Gasteiger partial charge in [-0.3, -0.25) is 14.7 Å². The van der Waals surface area contributed by atoms with Gasteiger partial charge in [-0.1, -0.05) is 12.1 Å². The van der Waals surface area contributed by atoms with Crippen LogP contribution in [-0.4, -0.2) is 30.7 Å². The van der Waals surface area contributed by atoms with Crippen LogP contribution in [0.3, 0.4) is 0 Å². The number of hydrogen-bond donors (Lipinski definition) is 2. The fraction of sp³-hybridized carbons (Fsp3) is 0. The summed E-state index contributed by atoms with van der Waals surface area (Å²) in [5.41, 5.74) is 1.87. The molecule has 0 bridgehead atoms. The van der Waals surface area contributed by atoms with Crippen molar-refractivity contribution in [3.8, 4) is 0 Å². The molecule has 0 fully saturated rings. The Kier molecular flexibility index (Phi) is 5.28. The fourth-order valence-corrected chi connectivity index (χ4v) is 3.25. The van der Waals surface area contributed by atoms with E-state index >= 15 is 0 Å². The molecule has 1 heterocycles. The molecule has 0 saturated carbocycles. The second kappa shape index (κ2) is 7.79. The molecule has 0 atom stereocenters. The minimum atomic E-state index is -3.71. The van der Waals surface area contributed by atoms with E-state index in [1.54, 1.807) is 48.8 Å². The Bertz CT molecular complexity index is 1060. The molecule has 3 rings (SSSR count). The van der Waals surface area contributed by atoms with Crippen LogP contribution < -0.4 is 4.72 Å². The number of pyridine rings is 1. The summed E-state index contributed by atoms with van der Waals surface area (Å²) in [6.07, 6.45) is 4.55. The zero-order valence-corrected chi connectivity index (χ0v) is 14.8. The average molecular weight is 381 g/mol. The number of nitrogens with one attached hydrogen (secondary N) is 1. The van der Waals surface area contributed by atoms with Gasteiger partial charge in [0.1, 0.15) is 0 Å². The van der Waals surface area contributed by atoms with Gasteiger partial charge in [0.2, 0.25) is 0 Å². The van der Waals surface area contributed by atoms with Crippen LogP contribution in [0, 0.1) is 0 Å². The monoisotopic (exact) mass is 381 g/mol. The maximum atomic E-state index is 12.4. The van der Waals surface area contributed by atoms with Crippen molar-refractivity contribution in [2.75, 3.05) is 4.72 Å². The predicted octanol–water partition coefficient (Wildman–Crippen LogP) is 3.33. The molecule has 136 valence electrons. The van der Waals surface area contributed by atoms with Gasteiger partial charge in [0.05, 0.1) is 28.0 Å².